The number of hydrogen-bond acceptors (Lipinski definition) is 0. The molecule has 0 amide bonds. The molecule has 0 N–H and O–H groups in total. The van der Waals surface area contributed by atoms with Crippen LogP contribution in [0.3, 0.4) is 0 Å². The molecule has 40 valence electrons. The van der Waals surface area contributed by atoms with Crippen molar-refractivity contribution in [1.82, 2.24) is 0 Å². The summed E-state index contributed by atoms with van der Waals surface area (Å²) in [7, 11) is 0. The third kappa shape index (κ3) is 0.981. The molecule has 0 radical (unpaired) electrons. The van der Waals surface area contributed by atoms with Crippen molar-refractivity contribution in [2.45, 2.75) is 12.8 Å². The Balaban J connectivity index is 2.41. The molecule has 2 heteroatoms. The lowest BCUT2D eigenvalue weighted by Crippen LogP contribution is -2.03. The second-order valence-corrected chi connectivity index (χ2v) is 1.84. The first kappa shape index (κ1) is 4.75. The third-order valence-corrected chi connectivity index (χ3v) is 1.28. The Bertz CT molecular complexity index is 80.1. The molecular weight excluding hydrogens is 93.1 g/mol. The Hall–Kier alpha value is -0.400. The molecule has 1 rings (SSSR count). The highest BCUT2D eigenvalue weighted by Crippen LogP contribution is 1.99. The maximum Gasteiger partial charge on any atom is 0.316 e. The van der Waals surface area contributed by atoms with Crippen LogP contribution in [0.4, 0.5) is 4.39 Å². The van der Waals surface area contributed by atoms with E-state index in [1.165, 1.54) is 0 Å². The monoisotopic (exact) mass is 102 g/mol. The van der Waals surface area contributed by atoms with Crippen molar-refractivity contribution >= 4 is 6.47 Å². The van der Waals surface area contributed by atoms with Gasteiger partial charge in [0.05, 0.1) is 0 Å². The minimum absolute atomic E-state index is 0.674. The predicted molar refractivity (Wildman–Crippen MR) is 26.4 cm³/mol. The van der Waals surface area contributed by atoms with Gasteiger partial charge < -0.3 is 0 Å². The summed E-state index contributed by atoms with van der Waals surface area (Å²) in [6.07, 6.45) is 2.31. The SMILES string of the molecule is FC=[N+]1CCCC1. The average molecular weight is 102 g/mol. The molecule has 1 saturated heterocycles. The van der Waals surface area contributed by atoms with Gasteiger partial charge in [-0.25, -0.2) is 4.58 Å². The third-order valence-electron chi connectivity index (χ3n) is 1.28. The Morgan fingerprint density at radius 2 is 1.86 bits per heavy atom. The minimum Gasteiger partial charge on any atom is -0.212 e. The maximum atomic E-state index is 11.5. The number of halogens is 1. The van der Waals surface area contributed by atoms with E-state index in [9.17, 15) is 4.39 Å². The van der Waals surface area contributed by atoms with Gasteiger partial charge in [0.25, 0.3) is 0 Å². The van der Waals surface area contributed by atoms with E-state index in [2.05, 4.69) is 0 Å². The fraction of sp³-hybridized carbons (Fsp3) is 0.800. The van der Waals surface area contributed by atoms with E-state index >= 15 is 0 Å². The molecule has 1 aliphatic rings. The van der Waals surface area contributed by atoms with Crippen LogP contribution in [0.15, 0.2) is 0 Å². The zero-order valence-corrected chi connectivity index (χ0v) is 4.23. The Morgan fingerprint density at radius 1 is 1.29 bits per heavy atom. The first-order chi connectivity index (χ1) is 3.43. The molecule has 1 aliphatic heterocycles. The van der Waals surface area contributed by atoms with E-state index in [1.54, 1.807) is 4.58 Å². The van der Waals surface area contributed by atoms with Crippen LogP contribution in [0, 0.1) is 0 Å². The van der Waals surface area contributed by atoms with E-state index in [-0.39, 0.29) is 0 Å². The van der Waals surface area contributed by atoms with E-state index in [4.69, 9.17) is 0 Å². The Labute approximate surface area is 42.5 Å². The van der Waals surface area contributed by atoms with E-state index in [0.29, 0.717) is 6.47 Å². The largest absolute Gasteiger partial charge is 0.316 e. The van der Waals surface area contributed by atoms with Gasteiger partial charge in [-0.15, -0.1) is 4.39 Å². The minimum atomic E-state index is 0.674. The highest BCUT2D eigenvalue weighted by Gasteiger charge is 2.10. The topological polar surface area (TPSA) is 3.01 Å². The summed E-state index contributed by atoms with van der Waals surface area (Å²) in [6, 6.07) is 0. The summed E-state index contributed by atoms with van der Waals surface area (Å²) >= 11 is 0. The van der Waals surface area contributed by atoms with Crippen LogP contribution in [0.2, 0.25) is 0 Å². The summed E-state index contributed by atoms with van der Waals surface area (Å²) in [5.41, 5.74) is 0. The van der Waals surface area contributed by atoms with Gasteiger partial charge in [0.15, 0.2) is 0 Å². The van der Waals surface area contributed by atoms with E-state index in [1.807, 2.05) is 0 Å². The summed E-state index contributed by atoms with van der Waals surface area (Å²) in [6.45, 7) is 2.50. The molecule has 0 spiro atoms. The molecule has 1 nitrogen and oxygen atoms in total. The van der Waals surface area contributed by atoms with Gasteiger partial charge in [0.2, 0.25) is 0 Å². The Morgan fingerprint density at radius 3 is 2.14 bits per heavy atom. The van der Waals surface area contributed by atoms with Crippen molar-refractivity contribution in [3.63, 3.8) is 0 Å². The van der Waals surface area contributed by atoms with Crippen molar-refractivity contribution in [2.75, 3.05) is 13.1 Å². The first-order valence-electron chi connectivity index (χ1n) is 2.61. The highest BCUT2D eigenvalue weighted by atomic mass is 19.1. The van der Waals surface area contributed by atoms with Gasteiger partial charge in [0, 0.05) is 12.8 Å². The zero-order chi connectivity index (χ0) is 5.11. The molecule has 0 atom stereocenters. The van der Waals surface area contributed by atoms with E-state index in [0.717, 1.165) is 25.9 Å². The van der Waals surface area contributed by atoms with Crippen molar-refractivity contribution in [3.05, 3.63) is 0 Å². The molecule has 0 aromatic heterocycles. The molecule has 0 aromatic carbocycles. The van der Waals surface area contributed by atoms with Gasteiger partial charge in [-0.2, -0.15) is 0 Å². The standard InChI is InChI=1S/C5H9FN/c6-5-7-3-1-2-4-7/h5H,1-4H2/q+1. The van der Waals surface area contributed by atoms with Crippen LogP contribution >= 0.6 is 0 Å². The number of nitrogens with zero attached hydrogens (tertiary/aromatic N) is 1. The van der Waals surface area contributed by atoms with Crippen LogP contribution in [-0.2, 0) is 0 Å². The van der Waals surface area contributed by atoms with Crippen LogP contribution in [0.5, 0.6) is 0 Å². The average Bonchev–Trinajstić information content (AvgIpc) is 2.14. The predicted octanol–water partition coefficient (Wildman–Crippen LogP) is 0.790. The quantitative estimate of drug-likeness (QED) is 0.398. The smallest absolute Gasteiger partial charge is 0.212 e. The van der Waals surface area contributed by atoms with Gasteiger partial charge in [-0.05, 0) is 0 Å². The second kappa shape index (κ2) is 2.05. The lowest BCUT2D eigenvalue weighted by molar-refractivity contribution is -0.506. The first-order valence-corrected chi connectivity index (χ1v) is 2.61. The van der Waals surface area contributed by atoms with E-state index < -0.39 is 0 Å². The van der Waals surface area contributed by atoms with Crippen molar-refractivity contribution in [2.24, 2.45) is 0 Å². The number of hydrogen-bond donors (Lipinski definition) is 0. The van der Waals surface area contributed by atoms with Crippen LogP contribution in [-0.4, -0.2) is 24.1 Å². The molecular formula is C5H9FN+. The molecule has 0 aliphatic carbocycles. The highest BCUT2D eigenvalue weighted by molar-refractivity contribution is 5.36. The van der Waals surface area contributed by atoms with Gasteiger partial charge >= 0.3 is 6.47 Å². The van der Waals surface area contributed by atoms with Crippen molar-refractivity contribution < 1.29 is 8.97 Å². The summed E-state index contributed by atoms with van der Waals surface area (Å²) in [4.78, 5) is 0. The van der Waals surface area contributed by atoms with Gasteiger partial charge in [-0.1, -0.05) is 0 Å². The molecule has 0 bridgehead atoms. The van der Waals surface area contributed by atoms with Gasteiger partial charge in [0.1, 0.15) is 13.1 Å². The normalized spacial score (nSPS) is 20.4. The van der Waals surface area contributed by atoms with Crippen molar-refractivity contribution in [1.29, 1.82) is 0 Å². The summed E-state index contributed by atoms with van der Waals surface area (Å²) < 4.78 is 13.2. The maximum absolute atomic E-state index is 11.5. The van der Waals surface area contributed by atoms with Crippen LogP contribution < -0.4 is 0 Å². The Kier molecular flexibility index (Phi) is 1.39. The van der Waals surface area contributed by atoms with Crippen LogP contribution in [0.1, 0.15) is 12.8 Å². The molecule has 7 heavy (non-hydrogen) atoms. The van der Waals surface area contributed by atoms with Crippen LogP contribution in [0.25, 0.3) is 0 Å². The molecule has 0 aromatic rings. The fourth-order valence-electron chi connectivity index (χ4n) is 0.839. The molecule has 1 fully saturated rings. The summed E-state index contributed by atoms with van der Waals surface area (Å²) in [5, 5.41) is 0. The summed E-state index contributed by atoms with van der Waals surface area (Å²) in [5.74, 6) is 0. The lowest BCUT2D eigenvalue weighted by Gasteiger charge is -1.80. The van der Waals surface area contributed by atoms with Gasteiger partial charge in [-0.3, -0.25) is 0 Å². The molecule has 0 unspecified atom stereocenters. The van der Waals surface area contributed by atoms with Crippen molar-refractivity contribution in [3.8, 4) is 0 Å². The fourth-order valence-corrected chi connectivity index (χ4v) is 0.839. The lowest BCUT2D eigenvalue weighted by atomic mass is 10.4. The molecule has 0 saturated carbocycles. The zero-order valence-electron chi connectivity index (χ0n) is 4.23. The second-order valence-electron chi connectivity index (χ2n) is 1.84. The number of rotatable bonds is 0. The molecule has 1 heterocycles.